The zero-order valence-electron chi connectivity index (χ0n) is 28.3. The smallest absolute Gasteiger partial charge is 0.0726 e. The summed E-state index contributed by atoms with van der Waals surface area (Å²) < 4.78 is 0. The normalized spacial score (nSPS) is 14.3. The number of allylic oxidation sites excluding steroid dienone is 3. The molecule has 0 amide bonds. The molecule has 0 N–H and O–H groups in total. The fourth-order valence-corrected chi connectivity index (χ4v) is 8.79. The lowest BCUT2D eigenvalue weighted by molar-refractivity contribution is 0.793. The summed E-state index contributed by atoms with van der Waals surface area (Å²) >= 11 is 0. The van der Waals surface area contributed by atoms with Crippen molar-refractivity contribution in [2.45, 2.75) is 18.3 Å². The molecule has 7 aromatic carbocycles. The maximum absolute atomic E-state index is 2.46. The molecule has 3 aliphatic rings. The molecule has 1 spiro atoms. The first-order valence-corrected chi connectivity index (χ1v) is 17.9. The first kappa shape index (κ1) is 29.5. The second-order valence-corrected chi connectivity index (χ2v) is 13.6. The minimum absolute atomic E-state index is 0.390. The molecular formula is C49H36N2. The van der Waals surface area contributed by atoms with Gasteiger partial charge in [0.1, 0.15) is 0 Å². The third-order valence-electron chi connectivity index (χ3n) is 10.9. The predicted octanol–water partition coefficient (Wildman–Crippen LogP) is 12.9. The van der Waals surface area contributed by atoms with Crippen LogP contribution in [0.3, 0.4) is 0 Å². The molecule has 0 aliphatic heterocycles. The Morgan fingerprint density at radius 2 is 0.784 bits per heavy atom. The van der Waals surface area contributed by atoms with Crippen LogP contribution in [0.5, 0.6) is 0 Å². The third kappa shape index (κ3) is 4.50. The summed E-state index contributed by atoms with van der Waals surface area (Å²) in [5.74, 6) is 0. The highest BCUT2D eigenvalue weighted by atomic mass is 15.2. The van der Waals surface area contributed by atoms with E-state index < -0.39 is 5.41 Å². The number of nitrogens with zero attached hydrogens (tertiary/aromatic N) is 2. The average Bonchev–Trinajstić information content (AvgIpc) is 3.67. The molecule has 0 radical (unpaired) electrons. The van der Waals surface area contributed by atoms with Gasteiger partial charge in [-0.05, 0) is 124 Å². The van der Waals surface area contributed by atoms with Crippen molar-refractivity contribution in [2.24, 2.45) is 0 Å². The van der Waals surface area contributed by atoms with Crippen molar-refractivity contribution in [1.29, 1.82) is 0 Å². The third-order valence-corrected chi connectivity index (χ3v) is 10.9. The zero-order chi connectivity index (χ0) is 33.8. The standard InChI is InChI=1S/C49H36N2/c1-4-16-35(17-5-1)50(36-18-6-2-7-19-36)38-28-30-39(31-29-38)51(37-20-8-3-9-21-37)40-32-33-44-43-24-12-15-27-47(43)49(48(44)34-40)45-25-13-10-22-41(45)42-23-11-14-26-46(42)49/h1,3-6,8-34H,2,7H2. The molecule has 0 aromatic heterocycles. The van der Waals surface area contributed by atoms with Crippen LogP contribution in [0.1, 0.15) is 35.1 Å². The largest absolute Gasteiger partial charge is 0.311 e. The Labute approximate surface area is 299 Å². The summed E-state index contributed by atoms with van der Waals surface area (Å²) in [4.78, 5) is 4.76. The van der Waals surface area contributed by atoms with Crippen LogP contribution in [-0.2, 0) is 5.41 Å². The van der Waals surface area contributed by atoms with Crippen LogP contribution in [-0.4, -0.2) is 0 Å². The minimum atomic E-state index is -0.390. The fraction of sp³-hybridized carbons (Fsp3) is 0.0612. The highest BCUT2D eigenvalue weighted by Gasteiger charge is 2.51. The van der Waals surface area contributed by atoms with E-state index >= 15 is 0 Å². The average molecular weight is 653 g/mol. The zero-order valence-corrected chi connectivity index (χ0v) is 28.3. The molecule has 0 saturated heterocycles. The van der Waals surface area contributed by atoms with Crippen molar-refractivity contribution in [3.05, 3.63) is 222 Å². The van der Waals surface area contributed by atoms with E-state index in [1.807, 2.05) is 0 Å². The molecule has 0 bridgehead atoms. The first-order valence-electron chi connectivity index (χ1n) is 17.9. The number of hydrogen-bond acceptors (Lipinski definition) is 2. The molecule has 0 unspecified atom stereocenters. The Kier molecular flexibility index (Phi) is 6.89. The maximum Gasteiger partial charge on any atom is 0.0726 e. The van der Waals surface area contributed by atoms with Crippen LogP contribution in [0.25, 0.3) is 22.3 Å². The van der Waals surface area contributed by atoms with Gasteiger partial charge in [0.2, 0.25) is 0 Å². The molecule has 0 heterocycles. The maximum atomic E-state index is 2.46. The Balaban J connectivity index is 1.15. The molecular weight excluding hydrogens is 617 g/mol. The molecule has 2 heteroatoms. The number of hydrogen-bond donors (Lipinski definition) is 0. The monoisotopic (exact) mass is 652 g/mol. The van der Waals surface area contributed by atoms with Gasteiger partial charge in [0.15, 0.2) is 0 Å². The Hall–Kier alpha value is -6.38. The van der Waals surface area contributed by atoms with Crippen molar-refractivity contribution in [2.75, 3.05) is 9.80 Å². The van der Waals surface area contributed by atoms with Gasteiger partial charge in [-0.3, -0.25) is 0 Å². The number of para-hydroxylation sites is 2. The van der Waals surface area contributed by atoms with Gasteiger partial charge in [-0.25, -0.2) is 0 Å². The highest BCUT2D eigenvalue weighted by molar-refractivity contribution is 5.96. The SMILES string of the molecule is C1=CC(N(c2ccccc2)c2ccc(N(c3ccccc3)c3ccc4c(c3)C3(c5ccccc5-c5ccccc53)c3ccccc3-4)cc2)=CCC1. The van der Waals surface area contributed by atoms with Crippen LogP contribution in [0, 0.1) is 0 Å². The fourth-order valence-electron chi connectivity index (χ4n) is 8.79. The van der Waals surface area contributed by atoms with E-state index in [9.17, 15) is 0 Å². The minimum Gasteiger partial charge on any atom is -0.311 e. The lowest BCUT2D eigenvalue weighted by atomic mass is 9.70. The Morgan fingerprint density at radius 1 is 0.353 bits per heavy atom. The van der Waals surface area contributed by atoms with E-state index in [1.165, 1.54) is 50.2 Å². The van der Waals surface area contributed by atoms with Gasteiger partial charge < -0.3 is 9.80 Å². The number of rotatable bonds is 6. The van der Waals surface area contributed by atoms with Crippen LogP contribution in [0.4, 0.5) is 28.4 Å². The van der Waals surface area contributed by atoms with Gasteiger partial charge in [0.25, 0.3) is 0 Å². The summed E-state index contributed by atoms with van der Waals surface area (Å²) in [5.41, 5.74) is 17.2. The van der Waals surface area contributed by atoms with Gasteiger partial charge in [-0.2, -0.15) is 0 Å². The second kappa shape index (κ2) is 11.9. The van der Waals surface area contributed by atoms with Crippen LogP contribution in [0.2, 0.25) is 0 Å². The number of benzene rings is 7. The first-order chi connectivity index (χ1) is 25.3. The second-order valence-electron chi connectivity index (χ2n) is 13.6. The number of anilines is 5. The van der Waals surface area contributed by atoms with E-state index in [2.05, 4.69) is 204 Å². The van der Waals surface area contributed by atoms with E-state index in [0.717, 1.165) is 41.3 Å². The highest BCUT2D eigenvalue weighted by Crippen LogP contribution is 2.63. The summed E-state index contributed by atoms with van der Waals surface area (Å²) in [6, 6.07) is 64.7. The molecule has 0 atom stereocenters. The van der Waals surface area contributed by atoms with E-state index in [4.69, 9.17) is 0 Å². The lowest BCUT2D eigenvalue weighted by Crippen LogP contribution is -2.26. The topological polar surface area (TPSA) is 6.48 Å². The van der Waals surface area contributed by atoms with Crippen molar-refractivity contribution in [1.82, 2.24) is 0 Å². The van der Waals surface area contributed by atoms with Crippen molar-refractivity contribution < 1.29 is 0 Å². The summed E-state index contributed by atoms with van der Waals surface area (Å²) in [6.07, 6.45) is 9.00. The Morgan fingerprint density at radius 3 is 1.31 bits per heavy atom. The van der Waals surface area contributed by atoms with E-state index in [-0.39, 0.29) is 0 Å². The van der Waals surface area contributed by atoms with Crippen LogP contribution < -0.4 is 9.80 Å². The van der Waals surface area contributed by atoms with Gasteiger partial charge in [0, 0.05) is 34.1 Å². The lowest BCUT2D eigenvalue weighted by Gasteiger charge is -2.32. The molecule has 7 aromatic rings. The van der Waals surface area contributed by atoms with E-state index in [0.29, 0.717) is 0 Å². The summed E-state index contributed by atoms with van der Waals surface area (Å²) in [5, 5.41) is 0. The van der Waals surface area contributed by atoms with Crippen molar-refractivity contribution in [3.63, 3.8) is 0 Å². The summed E-state index contributed by atoms with van der Waals surface area (Å²) in [6.45, 7) is 0. The molecule has 0 saturated carbocycles. The molecule has 3 aliphatic carbocycles. The molecule has 242 valence electrons. The van der Waals surface area contributed by atoms with Gasteiger partial charge in [-0.15, -0.1) is 0 Å². The van der Waals surface area contributed by atoms with E-state index in [1.54, 1.807) is 0 Å². The summed E-state index contributed by atoms with van der Waals surface area (Å²) in [7, 11) is 0. The van der Waals surface area contributed by atoms with Crippen LogP contribution >= 0.6 is 0 Å². The number of fused-ring (bicyclic) bond motifs is 10. The van der Waals surface area contributed by atoms with Crippen molar-refractivity contribution in [3.8, 4) is 22.3 Å². The quantitative estimate of drug-likeness (QED) is 0.176. The Bertz CT molecular complexity index is 2410. The van der Waals surface area contributed by atoms with Crippen molar-refractivity contribution >= 4 is 28.4 Å². The van der Waals surface area contributed by atoms with Gasteiger partial charge >= 0.3 is 0 Å². The van der Waals surface area contributed by atoms with Gasteiger partial charge in [0.05, 0.1) is 5.41 Å². The van der Waals surface area contributed by atoms with Crippen LogP contribution in [0.15, 0.2) is 200 Å². The molecule has 0 fully saturated rings. The molecule has 51 heavy (non-hydrogen) atoms. The van der Waals surface area contributed by atoms with Gasteiger partial charge in [-0.1, -0.05) is 127 Å². The molecule has 2 nitrogen and oxygen atoms in total. The predicted molar refractivity (Wildman–Crippen MR) is 212 cm³/mol. The molecule has 10 rings (SSSR count).